The van der Waals surface area contributed by atoms with Crippen molar-refractivity contribution in [3.63, 3.8) is 0 Å². The molecule has 0 bridgehead atoms. The lowest BCUT2D eigenvalue weighted by Gasteiger charge is -2.15. The van der Waals surface area contributed by atoms with Crippen LogP contribution in [0.3, 0.4) is 0 Å². The maximum atomic E-state index is 11.7. The van der Waals surface area contributed by atoms with Crippen molar-refractivity contribution in [1.29, 1.82) is 0 Å². The number of guanidine groups is 1. The molecule has 6 heteroatoms. The van der Waals surface area contributed by atoms with Gasteiger partial charge in [-0.25, -0.2) is 4.99 Å². The molecule has 0 radical (unpaired) electrons. The molecule has 5 nitrogen and oxygen atoms in total. The van der Waals surface area contributed by atoms with E-state index in [9.17, 15) is 4.79 Å². The van der Waals surface area contributed by atoms with Gasteiger partial charge in [-0.3, -0.25) is 4.79 Å². The number of nitrogens with one attached hydrogen (secondary N) is 2. The zero-order valence-electron chi connectivity index (χ0n) is 14.3. The third kappa shape index (κ3) is 9.22. The number of halogens is 1. The van der Waals surface area contributed by atoms with E-state index in [0.717, 1.165) is 11.1 Å². The molecule has 1 aromatic rings. The van der Waals surface area contributed by atoms with Gasteiger partial charge in [-0.1, -0.05) is 42.0 Å². The molecule has 0 spiro atoms. The van der Waals surface area contributed by atoms with Crippen molar-refractivity contribution in [2.45, 2.75) is 20.4 Å². The van der Waals surface area contributed by atoms with E-state index in [1.165, 1.54) is 5.56 Å². The van der Waals surface area contributed by atoms with E-state index in [1.807, 2.05) is 6.92 Å². The SMILES string of the molecule is C=C(C)CNC(=NCc1ccc(C)cc1)NCC(=O)N(C)C.I. The van der Waals surface area contributed by atoms with Gasteiger partial charge in [0.1, 0.15) is 0 Å². The fourth-order valence-electron chi connectivity index (χ4n) is 1.59. The summed E-state index contributed by atoms with van der Waals surface area (Å²) in [6, 6.07) is 8.24. The second-order valence-electron chi connectivity index (χ2n) is 5.60. The Hall–Kier alpha value is -1.57. The Morgan fingerprint density at radius 2 is 1.74 bits per heavy atom. The fourth-order valence-corrected chi connectivity index (χ4v) is 1.59. The molecule has 23 heavy (non-hydrogen) atoms. The molecule has 0 saturated heterocycles. The molecular formula is C17H27IN4O. The first-order valence-corrected chi connectivity index (χ1v) is 7.30. The van der Waals surface area contributed by atoms with Gasteiger partial charge in [0.05, 0.1) is 13.1 Å². The number of hydrogen-bond acceptors (Lipinski definition) is 2. The number of likely N-dealkylation sites (N-methyl/N-ethyl adjacent to an activating group) is 1. The zero-order chi connectivity index (χ0) is 16.5. The van der Waals surface area contributed by atoms with Gasteiger partial charge in [-0.15, -0.1) is 24.0 Å². The number of benzene rings is 1. The Morgan fingerprint density at radius 1 is 1.17 bits per heavy atom. The minimum atomic E-state index is 0. The number of carbonyl (C=O) groups is 1. The maximum absolute atomic E-state index is 11.7. The third-order valence-electron chi connectivity index (χ3n) is 3.00. The Morgan fingerprint density at radius 3 is 2.26 bits per heavy atom. The van der Waals surface area contributed by atoms with Crippen LogP contribution in [0.1, 0.15) is 18.1 Å². The number of rotatable bonds is 6. The topological polar surface area (TPSA) is 56.7 Å². The summed E-state index contributed by atoms with van der Waals surface area (Å²) in [5.41, 5.74) is 3.35. The van der Waals surface area contributed by atoms with Gasteiger partial charge < -0.3 is 15.5 Å². The summed E-state index contributed by atoms with van der Waals surface area (Å²) in [5, 5.41) is 6.21. The lowest BCUT2D eigenvalue weighted by atomic mass is 10.1. The van der Waals surface area contributed by atoms with Crippen molar-refractivity contribution in [3.05, 3.63) is 47.5 Å². The molecule has 0 aliphatic rings. The van der Waals surface area contributed by atoms with Gasteiger partial charge in [0.25, 0.3) is 0 Å². The monoisotopic (exact) mass is 430 g/mol. The summed E-state index contributed by atoms with van der Waals surface area (Å²) in [4.78, 5) is 17.7. The summed E-state index contributed by atoms with van der Waals surface area (Å²) in [7, 11) is 3.46. The van der Waals surface area contributed by atoms with E-state index in [1.54, 1.807) is 19.0 Å². The van der Waals surface area contributed by atoms with Crippen LogP contribution in [0.5, 0.6) is 0 Å². The number of carbonyl (C=O) groups excluding carboxylic acids is 1. The minimum Gasteiger partial charge on any atom is -0.353 e. The molecule has 1 aromatic carbocycles. The molecule has 0 unspecified atom stereocenters. The molecule has 0 aliphatic carbocycles. The summed E-state index contributed by atoms with van der Waals surface area (Å²) in [5.74, 6) is 0.610. The molecule has 0 saturated carbocycles. The predicted molar refractivity (Wildman–Crippen MR) is 107 cm³/mol. The standard InChI is InChI=1S/C17H26N4O.HI/c1-13(2)10-18-17(20-12-16(22)21(4)5)19-11-15-8-6-14(3)7-9-15;/h6-9H,1,10-12H2,2-5H3,(H2,18,19,20);1H. The summed E-state index contributed by atoms with van der Waals surface area (Å²) < 4.78 is 0. The average molecular weight is 430 g/mol. The molecule has 0 aliphatic heterocycles. The first-order chi connectivity index (χ1) is 10.4. The van der Waals surface area contributed by atoms with E-state index >= 15 is 0 Å². The highest BCUT2D eigenvalue weighted by atomic mass is 127. The number of hydrogen-bond donors (Lipinski definition) is 2. The zero-order valence-corrected chi connectivity index (χ0v) is 16.7. The van der Waals surface area contributed by atoms with Crippen molar-refractivity contribution in [1.82, 2.24) is 15.5 Å². The van der Waals surface area contributed by atoms with Crippen LogP contribution in [0.25, 0.3) is 0 Å². The highest BCUT2D eigenvalue weighted by Gasteiger charge is 2.05. The number of amides is 1. The van der Waals surface area contributed by atoms with Gasteiger partial charge in [0, 0.05) is 20.6 Å². The molecule has 0 heterocycles. The second-order valence-corrected chi connectivity index (χ2v) is 5.60. The largest absolute Gasteiger partial charge is 0.353 e. The Labute approximate surface area is 156 Å². The molecule has 0 aromatic heterocycles. The van der Waals surface area contributed by atoms with Crippen LogP contribution in [-0.2, 0) is 11.3 Å². The van der Waals surface area contributed by atoms with Crippen molar-refractivity contribution >= 4 is 35.8 Å². The molecule has 128 valence electrons. The lowest BCUT2D eigenvalue weighted by molar-refractivity contribution is -0.127. The molecule has 1 amide bonds. The third-order valence-corrected chi connectivity index (χ3v) is 3.00. The molecule has 2 N–H and O–H groups in total. The summed E-state index contributed by atoms with van der Waals surface area (Å²) in [6.45, 7) is 9.24. The summed E-state index contributed by atoms with van der Waals surface area (Å²) in [6.07, 6.45) is 0. The molecular weight excluding hydrogens is 403 g/mol. The quantitative estimate of drug-likeness (QED) is 0.315. The van der Waals surface area contributed by atoms with Crippen LogP contribution in [0.15, 0.2) is 41.4 Å². The van der Waals surface area contributed by atoms with E-state index in [0.29, 0.717) is 19.0 Å². The minimum absolute atomic E-state index is 0. The highest BCUT2D eigenvalue weighted by Crippen LogP contribution is 2.04. The lowest BCUT2D eigenvalue weighted by Crippen LogP contribution is -2.43. The van der Waals surface area contributed by atoms with E-state index < -0.39 is 0 Å². The summed E-state index contributed by atoms with van der Waals surface area (Å²) >= 11 is 0. The Kier molecular flexibility index (Phi) is 10.3. The number of aliphatic imine (C=N–C) groups is 1. The number of nitrogens with zero attached hydrogens (tertiary/aromatic N) is 2. The van der Waals surface area contributed by atoms with Crippen molar-refractivity contribution in [2.24, 2.45) is 4.99 Å². The van der Waals surface area contributed by atoms with Crippen LogP contribution < -0.4 is 10.6 Å². The first kappa shape index (κ1) is 21.4. The van der Waals surface area contributed by atoms with Crippen LogP contribution in [0.4, 0.5) is 0 Å². The van der Waals surface area contributed by atoms with E-state index in [2.05, 4.69) is 53.4 Å². The maximum Gasteiger partial charge on any atom is 0.241 e. The van der Waals surface area contributed by atoms with E-state index in [-0.39, 0.29) is 36.4 Å². The van der Waals surface area contributed by atoms with Gasteiger partial charge in [-0.05, 0) is 19.4 Å². The second kappa shape index (κ2) is 11.0. The molecule has 1 rings (SSSR count). The van der Waals surface area contributed by atoms with E-state index in [4.69, 9.17) is 0 Å². The average Bonchev–Trinajstić information content (AvgIpc) is 2.47. The van der Waals surface area contributed by atoms with Crippen LogP contribution in [0, 0.1) is 6.92 Å². The normalized spacial score (nSPS) is 10.5. The molecule has 0 atom stereocenters. The Balaban J connectivity index is 0.00000484. The van der Waals surface area contributed by atoms with Crippen molar-refractivity contribution in [2.75, 3.05) is 27.2 Å². The van der Waals surface area contributed by atoms with Crippen LogP contribution in [0.2, 0.25) is 0 Å². The van der Waals surface area contributed by atoms with Gasteiger partial charge in [-0.2, -0.15) is 0 Å². The van der Waals surface area contributed by atoms with Crippen molar-refractivity contribution < 1.29 is 4.79 Å². The van der Waals surface area contributed by atoms with Gasteiger partial charge in [0.2, 0.25) is 5.91 Å². The van der Waals surface area contributed by atoms with Crippen molar-refractivity contribution in [3.8, 4) is 0 Å². The van der Waals surface area contributed by atoms with Gasteiger partial charge in [0.15, 0.2) is 5.96 Å². The number of aryl methyl sites for hydroxylation is 1. The Bertz CT molecular complexity index is 538. The molecule has 0 fully saturated rings. The van der Waals surface area contributed by atoms with Gasteiger partial charge >= 0.3 is 0 Å². The fraction of sp³-hybridized carbons (Fsp3) is 0.412. The predicted octanol–water partition coefficient (Wildman–Crippen LogP) is 2.31. The smallest absolute Gasteiger partial charge is 0.241 e. The van der Waals surface area contributed by atoms with Crippen LogP contribution >= 0.6 is 24.0 Å². The highest BCUT2D eigenvalue weighted by molar-refractivity contribution is 14.0. The first-order valence-electron chi connectivity index (χ1n) is 7.30. The van der Waals surface area contributed by atoms with Crippen LogP contribution in [-0.4, -0.2) is 44.0 Å².